The van der Waals surface area contributed by atoms with Gasteiger partial charge in [0, 0.05) is 11.3 Å². The number of para-hydroxylation sites is 1. The van der Waals surface area contributed by atoms with Crippen molar-refractivity contribution in [2.75, 3.05) is 38.0 Å². The minimum atomic E-state index is -2.93. The van der Waals surface area contributed by atoms with E-state index >= 15 is 0 Å². The van der Waals surface area contributed by atoms with Crippen LogP contribution < -0.4 is 15.0 Å². The number of anilines is 1. The highest BCUT2D eigenvalue weighted by Gasteiger charge is 2.26. The molecule has 0 saturated carbocycles. The number of halogens is 2. The highest BCUT2D eigenvalue weighted by molar-refractivity contribution is 5.95. The summed E-state index contributed by atoms with van der Waals surface area (Å²) in [6.07, 6.45) is 0. The molecule has 0 bridgehead atoms. The van der Waals surface area contributed by atoms with Gasteiger partial charge in [-0.2, -0.15) is 8.78 Å². The van der Waals surface area contributed by atoms with Gasteiger partial charge in [0.1, 0.15) is 5.75 Å². The van der Waals surface area contributed by atoms with Crippen LogP contribution in [0.2, 0.25) is 0 Å². The topological polar surface area (TPSA) is 63.1 Å². The lowest BCUT2D eigenvalue weighted by Gasteiger charge is -2.32. The first-order valence-electron chi connectivity index (χ1n) is 9.87. The van der Waals surface area contributed by atoms with Gasteiger partial charge in [-0.25, -0.2) is 0 Å². The molecule has 30 heavy (non-hydrogen) atoms. The van der Waals surface area contributed by atoms with E-state index in [0.29, 0.717) is 38.3 Å². The maximum absolute atomic E-state index is 12.7. The summed E-state index contributed by atoms with van der Waals surface area (Å²) in [7, 11) is 0. The lowest BCUT2D eigenvalue weighted by atomic mass is 10.1. The van der Waals surface area contributed by atoms with Crippen LogP contribution in [0.3, 0.4) is 0 Å². The van der Waals surface area contributed by atoms with Crippen LogP contribution in [-0.4, -0.2) is 56.0 Å². The number of nitrogens with zero attached hydrogens (tertiary/aromatic N) is 1. The van der Waals surface area contributed by atoms with Gasteiger partial charge < -0.3 is 19.9 Å². The Morgan fingerprint density at radius 3 is 2.37 bits per heavy atom. The summed E-state index contributed by atoms with van der Waals surface area (Å²) >= 11 is 0. The van der Waals surface area contributed by atoms with Crippen LogP contribution in [0.4, 0.5) is 14.5 Å². The molecule has 1 aliphatic rings. The van der Waals surface area contributed by atoms with E-state index in [9.17, 15) is 18.4 Å². The third-order valence-corrected chi connectivity index (χ3v) is 5.22. The molecular formula is C22H26F2N3O3+. The van der Waals surface area contributed by atoms with Crippen LogP contribution in [0.1, 0.15) is 21.5 Å². The second-order valence-corrected chi connectivity index (χ2v) is 7.44. The predicted molar refractivity (Wildman–Crippen MR) is 109 cm³/mol. The number of hydrogen-bond donors (Lipinski definition) is 2. The first kappa shape index (κ1) is 21.7. The predicted octanol–water partition coefficient (Wildman–Crippen LogP) is 1.88. The zero-order valence-corrected chi connectivity index (χ0v) is 17.1. The number of piperazine rings is 1. The zero-order valence-electron chi connectivity index (χ0n) is 17.1. The number of carbonyl (C=O) groups is 2. The number of aryl methyl sites for hydroxylation is 2. The van der Waals surface area contributed by atoms with E-state index in [-0.39, 0.29) is 17.6 Å². The lowest BCUT2D eigenvalue weighted by Crippen LogP contribution is -3.15. The van der Waals surface area contributed by atoms with Crippen LogP contribution in [0.5, 0.6) is 5.75 Å². The fourth-order valence-corrected chi connectivity index (χ4v) is 3.61. The molecule has 0 aromatic heterocycles. The van der Waals surface area contributed by atoms with Gasteiger partial charge in [0.2, 0.25) is 0 Å². The number of quaternary nitrogens is 1. The molecule has 1 saturated heterocycles. The van der Waals surface area contributed by atoms with E-state index in [2.05, 4.69) is 10.1 Å². The number of nitrogens with one attached hydrogen (secondary N) is 2. The Kier molecular flexibility index (Phi) is 6.99. The normalized spacial score (nSPS) is 14.6. The van der Waals surface area contributed by atoms with Gasteiger partial charge in [-0.05, 0) is 43.2 Å². The summed E-state index contributed by atoms with van der Waals surface area (Å²) in [4.78, 5) is 27.9. The molecular weight excluding hydrogens is 392 g/mol. The lowest BCUT2D eigenvalue weighted by molar-refractivity contribution is -0.895. The van der Waals surface area contributed by atoms with Crippen molar-refractivity contribution in [1.29, 1.82) is 0 Å². The van der Waals surface area contributed by atoms with E-state index in [4.69, 9.17) is 0 Å². The van der Waals surface area contributed by atoms with Crippen LogP contribution in [-0.2, 0) is 4.79 Å². The summed E-state index contributed by atoms with van der Waals surface area (Å²) in [5.74, 6) is -0.323. The molecule has 2 amide bonds. The van der Waals surface area contributed by atoms with Gasteiger partial charge in [0.25, 0.3) is 11.8 Å². The molecule has 2 N–H and O–H groups in total. The first-order valence-corrected chi connectivity index (χ1v) is 9.87. The highest BCUT2D eigenvalue weighted by atomic mass is 19.3. The van der Waals surface area contributed by atoms with Crippen molar-refractivity contribution in [3.63, 3.8) is 0 Å². The van der Waals surface area contributed by atoms with Gasteiger partial charge in [-0.3, -0.25) is 9.59 Å². The standard InChI is InChI=1S/C22H25F2N3O3/c1-15-5-3-6-16(2)20(15)25-19(28)14-26-9-11-27(12-10-26)21(29)17-7-4-8-18(13-17)30-22(23)24/h3-8,13,22H,9-12,14H2,1-2H3,(H,25,28)/p+1. The van der Waals surface area contributed by atoms with E-state index in [0.717, 1.165) is 21.7 Å². The number of benzene rings is 2. The third kappa shape index (κ3) is 5.54. The molecule has 8 heteroatoms. The largest absolute Gasteiger partial charge is 0.435 e. The molecule has 2 aromatic rings. The van der Waals surface area contributed by atoms with Crippen molar-refractivity contribution in [2.45, 2.75) is 20.5 Å². The van der Waals surface area contributed by atoms with Crippen LogP contribution in [0, 0.1) is 13.8 Å². The molecule has 3 rings (SSSR count). The summed E-state index contributed by atoms with van der Waals surface area (Å²) in [6.45, 7) is 3.57. The van der Waals surface area contributed by atoms with Crippen LogP contribution in [0.25, 0.3) is 0 Å². The molecule has 2 aromatic carbocycles. The number of carbonyl (C=O) groups excluding carboxylic acids is 2. The summed E-state index contributed by atoms with van der Waals surface area (Å²) < 4.78 is 29.1. The number of rotatable bonds is 6. The molecule has 1 fully saturated rings. The molecule has 6 nitrogen and oxygen atoms in total. The second kappa shape index (κ2) is 9.67. The average molecular weight is 418 g/mol. The smallest absolute Gasteiger partial charge is 0.387 e. The Labute approximate surface area is 174 Å². The van der Waals surface area contributed by atoms with Crippen molar-refractivity contribution >= 4 is 17.5 Å². The molecule has 160 valence electrons. The Morgan fingerprint density at radius 1 is 1.10 bits per heavy atom. The maximum Gasteiger partial charge on any atom is 0.387 e. The molecule has 1 heterocycles. The fourth-order valence-electron chi connectivity index (χ4n) is 3.61. The Bertz CT molecular complexity index is 892. The molecule has 0 radical (unpaired) electrons. The van der Waals surface area contributed by atoms with Gasteiger partial charge in [0.15, 0.2) is 6.54 Å². The van der Waals surface area contributed by atoms with Crippen LogP contribution >= 0.6 is 0 Å². The number of hydrogen-bond acceptors (Lipinski definition) is 3. The van der Waals surface area contributed by atoms with Gasteiger partial charge in [-0.15, -0.1) is 0 Å². The summed E-state index contributed by atoms with van der Waals surface area (Å²) in [5, 5.41) is 2.99. The Hall–Kier alpha value is -3.00. The zero-order chi connectivity index (χ0) is 21.7. The Balaban J connectivity index is 1.52. The highest BCUT2D eigenvalue weighted by Crippen LogP contribution is 2.19. The number of alkyl halides is 2. The number of ether oxygens (including phenoxy) is 1. The van der Waals surface area contributed by atoms with Crippen molar-refractivity contribution in [2.24, 2.45) is 0 Å². The molecule has 1 aliphatic heterocycles. The molecule has 0 unspecified atom stereocenters. The average Bonchev–Trinajstić information content (AvgIpc) is 2.70. The van der Waals surface area contributed by atoms with Gasteiger partial charge in [0.05, 0.1) is 26.2 Å². The van der Waals surface area contributed by atoms with Crippen molar-refractivity contribution in [1.82, 2.24) is 4.90 Å². The second-order valence-electron chi connectivity index (χ2n) is 7.44. The first-order chi connectivity index (χ1) is 14.3. The van der Waals surface area contributed by atoms with E-state index in [1.54, 1.807) is 11.0 Å². The molecule has 0 spiro atoms. The van der Waals surface area contributed by atoms with Crippen molar-refractivity contribution in [3.05, 3.63) is 59.2 Å². The molecule has 0 atom stereocenters. The Morgan fingerprint density at radius 2 is 1.73 bits per heavy atom. The molecule has 0 aliphatic carbocycles. The quantitative estimate of drug-likeness (QED) is 0.753. The third-order valence-electron chi connectivity index (χ3n) is 5.22. The van der Waals surface area contributed by atoms with E-state index in [1.165, 1.54) is 18.2 Å². The SMILES string of the molecule is Cc1cccc(C)c1NC(=O)C[NH+]1CCN(C(=O)c2cccc(OC(F)F)c2)CC1. The summed E-state index contributed by atoms with van der Waals surface area (Å²) in [5.41, 5.74) is 3.20. The monoisotopic (exact) mass is 418 g/mol. The fraction of sp³-hybridized carbons (Fsp3) is 0.364. The summed E-state index contributed by atoms with van der Waals surface area (Å²) in [6, 6.07) is 11.7. The number of amides is 2. The van der Waals surface area contributed by atoms with Crippen LogP contribution in [0.15, 0.2) is 42.5 Å². The van der Waals surface area contributed by atoms with Gasteiger partial charge >= 0.3 is 6.61 Å². The van der Waals surface area contributed by atoms with Crippen molar-refractivity contribution < 1.29 is 28.0 Å². The minimum absolute atomic E-state index is 0.0386. The minimum Gasteiger partial charge on any atom is -0.435 e. The maximum atomic E-state index is 12.7. The van der Waals surface area contributed by atoms with Gasteiger partial charge in [-0.1, -0.05) is 24.3 Å². The van der Waals surface area contributed by atoms with Crippen molar-refractivity contribution in [3.8, 4) is 5.75 Å². The van der Waals surface area contributed by atoms with E-state index in [1.807, 2.05) is 32.0 Å². The van der Waals surface area contributed by atoms with E-state index < -0.39 is 6.61 Å².